The predicted molar refractivity (Wildman–Crippen MR) is 398 cm³/mol. The number of nitrogens with zero attached hydrogens (tertiary/aromatic N) is 6. The van der Waals surface area contributed by atoms with Crippen LogP contribution in [0.3, 0.4) is 0 Å². The fraction of sp³-hybridized carbons (Fsp3) is 0.0750. The topological polar surface area (TPSA) is 270 Å². The molecule has 104 heavy (non-hydrogen) atoms. The molecule has 0 aliphatic carbocycles. The monoisotopic (exact) mass is 1410 g/mol. The number of carbonyl (C=O) groups excluding carboxylic acids is 2. The van der Waals surface area contributed by atoms with Crippen LogP contribution in [0.4, 0.5) is 0 Å². The molecular formula is C80H58B2N6O14S2. The first-order valence-electron chi connectivity index (χ1n) is 32.8. The summed E-state index contributed by atoms with van der Waals surface area (Å²) in [4.78, 5) is 43.8. The first-order valence-corrected chi connectivity index (χ1v) is 36.1. The van der Waals surface area contributed by atoms with Gasteiger partial charge in [-0.3, -0.25) is 9.11 Å². The molecule has 4 heterocycles. The SMILES string of the molecule is [C-]#[N+]/C(c1nc2ccccc2o1)=c1\c2c(-c3cccc(OC(=O)c4ccc(OCCCS(=O)(=O)O)cc4)c3)n(B(c3ccccc3)c3ccccc3)/c(=C(/C#N)c3nc4ccccc4o3)c2c(-c2cccc(OC(=O)c3ccc(OCCCS(=O)(=O)O)cc3)c2)n1B(c1ccccc1)c1ccccc1. The molecule has 0 aliphatic heterocycles. The molecule has 24 heteroatoms. The first kappa shape index (κ1) is 68.3. The second-order valence-corrected chi connectivity index (χ2v) is 27.3. The summed E-state index contributed by atoms with van der Waals surface area (Å²) >= 11 is 0. The summed E-state index contributed by atoms with van der Waals surface area (Å²) in [5, 5.41) is 13.7. The van der Waals surface area contributed by atoms with Crippen LogP contribution in [0.1, 0.15) is 45.3 Å². The number of nitriles is 1. The summed E-state index contributed by atoms with van der Waals surface area (Å²) < 4.78 is 106. The highest BCUT2D eigenvalue weighted by molar-refractivity contribution is 7.86. The fourth-order valence-electron chi connectivity index (χ4n) is 12.8. The average molecular weight is 1410 g/mol. The van der Waals surface area contributed by atoms with Crippen molar-refractivity contribution in [1.29, 1.82) is 5.26 Å². The van der Waals surface area contributed by atoms with E-state index in [1.165, 1.54) is 24.3 Å². The van der Waals surface area contributed by atoms with E-state index in [9.17, 15) is 47.4 Å². The van der Waals surface area contributed by atoms with Gasteiger partial charge in [0.05, 0.1) is 53.1 Å². The van der Waals surface area contributed by atoms with Gasteiger partial charge in [-0.05, 0) is 110 Å². The van der Waals surface area contributed by atoms with Crippen LogP contribution in [0.15, 0.2) is 276 Å². The molecular weight excluding hydrogens is 1350 g/mol. The lowest BCUT2D eigenvalue weighted by atomic mass is 9.50. The summed E-state index contributed by atoms with van der Waals surface area (Å²) in [6.45, 7) is 7.92. The van der Waals surface area contributed by atoms with Crippen molar-refractivity contribution in [1.82, 2.24) is 18.9 Å². The molecule has 0 bridgehead atoms. The molecule has 14 rings (SSSR count). The summed E-state index contributed by atoms with van der Waals surface area (Å²) in [5.41, 5.74) is 6.54. The van der Waals surface area contributed by atoms with Crippen LogP contribution in [0, 0.1) is 17.9 Å². The minimum atomic E-state index is -4.20. The highest BCUT2D eigenvalue weighted by Gasteiger charge is 2.38. The van der Waals surface area contributed by atoms with Gasteiger partial charge >= 0.3 is 25.6 Å². The quantitative estimate of drug-likeness (QED) is 0.0142. The van der Waals surface area contributed by atoms with Crippen molar-refractivity contribution >= 4 is 112 Å². The van der Waals surface area contributed by atoms with Crippen LogP contribution in [0.2, 0.25) is 0 Å². The lowest BCUT2D eigenvalue weighted by Crippen LogP contribution is -2.54. The van der Waals surface area contributed by atoms with E-state index in [2.05, 4.69) is 19.9 Å². The highest BCUT2D eigenvalue weighted by Crippen LogP contribution is 2.39. The van der Waals surface area contributed by atoms with Crippen molar-refractivity contribution in [3.63, 3.8) is 0 Å². The molecule has 0 fully saturated rings. The van der Waals surface area contributed by atoms with Crippen molar-refractivity contribution in [2.24, 2.45) is 0 Å². The number of aromatic nitrogens is 4. The number of hydrogen-bond acceptors (Lipinski definition) is 15. The molecule has 0 saturated carbocycles. The van der Waals surface area contributed by atoms with Crippen LogP contribution in [0.5, 0.6) is 23.0 Å². The molecule has 0 unspecified atom stereocenters. The number of hydrogen-bond donors (Lipinski definition) is 2. The second kappa shape index (κ2) is 29.8. The van der Waals surface area contributed by atoms with Crippen molar-refractivity contribution in [3.05, 3.63) is 312 Å². The van der Waals surface area contributed by atoms with E-state index in [1.54, 1.807) is 84.9 Å². The molecule has 0 amide bonds. The summed E-state index contributed by atoms with van der Waals surface area (Å²) in [6, 6.07) is 82.0. The van der Waals surface area contributed by atoms with Crippen LogP contribution in [-0.4, -0.2) is 95.2 Å². The van der Waals surface area contributed by atoms with Crippen LogP contribution in [0.25, 0.3) is 71.6 Å². The van der Waals surface area contributed by atoms with Crippen LogP contribution < -0.4 is 51.5 Å². The minimum absolute atomic E-state index is 0.0220. The van der Waals surface area contributed by atoms with Crippen molar-refractivity contribution < 1.29 is 63.3 Å². The zero-order valence-corrected chi connectivity index (χ0v) is 56.7. The number of carbonyl (C=O) groups is 2. The van der Waals surface area contributed by atoms with Gasteiger partial charge in [0.2, 0.25) is 11.8 Å². The maximum absolute atomic E-state index is 14.5. The Kier molecular flexibility index (Phi) is 19.6. The Morgan fingerprint density at radius 3 is 1.24 bits per heavy atom. The van der Waals surface area contributed by atoms with E-state index in [-0.39, 0.29) is 82.4 Å². The van der Waals surface area contributed by atoms with Crippen molar-refractivity contribution in [2.45, 2.75) is 12.8 Å². The molecule has 10 aromatic carbocycles. The number of ether oxygens (including phenoxy) is 4. The van der Waals surface area contributed by atoms with E-state index >= 15 is 0 Å². The molecule has 510 valence electrons. The van der Waals surface area contributed by atoms with Gasteiger partial charge in [0.1, 0.15) is 45.7 Å². The lowest BCUT2D eigenvalue weighted by Gasteiger charge is -2.24. The fourth-order valence-corrected chi connectivity index (χ4v) is 13.8. The van der Waals surface area contributed by atoms with Gasteiger partial charge in [0, 0.05) is 33.3 Å². The van der Waals surface area contributed by atoms with E-state index in [0.717, 1.165) is 21.9 Å². The molecule has 20 nitrogen and oxygen atoms in total. The number of rotatable bonds is 24. The number of oxazole rings is 2. The van der Waals surface area contributed by atoms with Crippen LogP contribution >= 0.6 is 0 Å². The van der Waals surface area contributed by atoms with Gasteiger partial charge in [-0.15, -0.1) is 0 Å². The molecule has 0 spiro atoms. The smallest absolute Gasteiger partial charge is 0.343 e. The normalized spacial score (nSPS) is 12.1. The molecule has 0 saturated heterocycles. The Balaban J connectivity index is 1.12. The Bertz CT molecular complexity index is 5510. The number of benzene rings is 10. The average Bonchev–Trinajstić information content (AvgIpc) is 1.52. The number of fused-ring (bicyclic) bond motifs is 3. The number of esters is 2. The van der Waals surface area contributed by atoms with Crippen LogP contribution in [-0.2, 0) is 20.2 Å². The number of para-hydroxylation sites is 4. The largest absolute Gasteiger partial charge is 0.494 e. The maximum atomic E-state index is 14.5. The zero-order chi connectivity index (χ0) is 71.9. The van der Waals surface area contributed by atoms with Gasteiger partial charge < -0.3 is 36.7 Å². The lowest BCUT2D eigenvalue weighted by molar-refractivity contribution is 0.0725. The van der Waals surface area contributed by atoms with Crippen molar-refractivity contribution in [2.75, 3.05) is 24.7 Å². The van der Waals surface area contributed by atoms with E-state index in [4.69, 9.17) is 37.7 Å². The zero-order valence-electron chi connectivity index (χ0n) is 55.1. The third kappa shape index (κ3) is 14.7. The van der Waals surface area contributed by atoms with Gasteiger partial charge in [0.15, 0.2) is 11.2 Å². The van der Waals surface area contributed by atoms with Gasteiger partial charge in [-0.1, -0.05) is 192 Å². The first-order chi connectivity index (χ1) is 50.6. The standard InChI is InChI=1S/C80H58B2N6O14S2/c1-84-72(78-86-67-35-15-17-37-69(67)102-78)76-71-70(73(88(76)82(59-28-10-4-11-29-59)60-30-12-5-13-31-60)55-22-18-32-63(50-55)99-79(89)53-38-42-61(43-39-53)97-46-20-48-103(91,92)93)75(65(52-83)77-85-66-34-14-16-36-68(66)101-77)87(81(57-24-6-2-7-25-57)58-26-8-3-9-27-58)74(71)56-23-19-33-64(51-56)100-80(90)54-40-44-62(45-41-54)98-47-21-49-104(94,95)96/h2-19,22-45,50-51H,20-21,46-49H2,(H,91,92,93)(H,94,95,96)/b75-65-,76-72+. The Labute approximate surface area is 597 Å². The third-order valence-corrected chi connectivity index (χ3v) is 18.9. The summed E-state index contributed by atoms with van der Waals surface area (Å²) in [6.07, 6.45) is 0.0513. The van der Waals surface area contributed by atoms with E-state index in [0.29, 0.717) is 67.0 Å². The van der Waals surface area contributed by atoms with E-state index < -0.39 is 57.4 Å². The van der Waals surface area contributed by atoms with Gasteiger partial charge in [-0.2, -0.15) is 22.1 Å². The maximum Gasteiger partial charge on any atom is 0.343 e. The summed E-state index contributed by atoms with van der Waals surface area (Å²) in [5.74, 6) is -1.71. The van der Waals surface area contributed by atoms with Gasteiger partial charge in [0.25, 0.3) is 25.9 Å². The predicted octanol–water partition coefficient (Wildman–Crippen LogP) is 10.9. The van der Waals surface area contributed by atoms with Crippen molar-refractivity contribution in [3.8, 4) is 51.6 Å². The molecule has 0 radical (unpaired) electrons. The Morgan fingerprint density at radius 2 is 0.846 bits per heavy atom. The second-order valence-electron chi connectivity index (χ2n) is 24.1. The molecule has 0 aliphatic rings. The molecule has 14 aromatic rings. The minimum Gasteiger partial charge on any atom is -0.494 e. The van der Waals surface area contributed by atoms with Gasteiger partial charge in [-0.25, -0.2) is 24.4 Å². The molecule has 0 atom stereocenters. The third-order valence-electron chi connectivity index (χ3n) is 17.3. The Hall–Kier alpha value is -12.8. The van der Waals surface area contributed by atoms with E-state index in [1.807, 2.05) is 158 Å². The molecule has 2 N–H and O–H groups in total. The Morgan fingerprint density at radius 1 is 0.471 bits per heavy atom. The summed E-state index contributed by atoms with van der Waals surface area (Å²) in [7, 11) is -8.40. The highest BCUT2D eigenvalue weighted by atomic mass is 32.2. The molecule has 4 aromatic heterocycles.